The first-order valence-electron chi connectivity index (χ1n) is 5.90. The van der Waals surface area contributed by atoms with Gasteiger partial charge in [-0.05, 0) is 25.1 Å². The number of hydrazine groups is 1. The van der Waals surface area contributed by atoms with Gasteiger partial charge in [-0.2, -0.15) is 0 Å². The summed E-state index contributed by atoms with van der Waals surface area (Å²) in [5, 5.41) is 0.827. The van der Waals surface area contributed by atoms with E-state index in [0.717, 1.165) is 10.9 Å². The van der Waals surface area contributed by atoms with E-state index in [4.69, 9.17) is 0 Å². The van der Waals surface area contributed by atoms with Gasteiger partial charge in [0.1, 0.15) is 0 Å². The number of carbonyl (C=O) groups is 2. The van der Waals surface area contributed by atoms with E-state index in [9.17, 15) is 9.59 Å². The molecule has 2 N–H and O–H groups in total. The van der Waals surface area contributed by atoms with Gasteiger partial charge in [0, 0.05) is 24.1 Å². The van der Waals surface area contributed by atoms with Crippen molar-refractivity contribution >= 4 is 22.9 Å². The van der Waals surface area contributed by atoms with E-state index in [-0.39, 0.29) is 12.5 Å². The predicted octanol–water partition coefficient (Wildman–Crippen LogP) is 1.57. The maximum Gasteiger partial charge on any atom is 0.426 e. The van der Waals surface area contributed by atoms with Crippen LogP contribution in [0, 0.1) is 0 Å². The van der Waals surface area contributed by atoms with Gasteiger partial charge in [0.2, 0.25) is 0 Å². The van der Waals surface area contributed by atoms with Crippen molar-refractivity contribution in [3.63, 3.8) is 0 Å². The Hall–Kier alpha value is -2.50. The van der Waals surface area contributed by atoms with Crippen LogP contribution in [0.5, 0.6) is 0 Å². The van der Waals surface area contributed by atoms with E-state index in [1.807, 2.05) is 29.9 Å². The van der Waals surface area contributed by atoms with Gasteiger partial charge in [0.05, 0.1) is 12.2 Å². The number of carbonyl (C=O) groups excluding carboxylic acids is 2. The van der Waals surface area contributed by atoms with Gasteiger partial charge >= 0.3 is 6.09 Å². The van der Waals surface area contributed by atoms with Crippen LogP contribution in [0.2, 0.25) is 0 Å². The van der Waals surface area contributed by atoms with E-state index in [1.54, 1.807) is 19.1 Å². The van der Waals surface area contributed by atoms with Gasteiger partial charge in [0.15, 0.2) is 0 Å². The van der Waals surface area contributed by atoms with Crippen LogP contribution in [-0.2, 0) is 11.8 Å². The van der Waals surface area contributed by atoms with E-state index >= 15 is 0 Å². The maximum absolute atomic E-state index is 12.0. The number of hydrogen-bond acceptors (Lipinski definition) is 3. The molecule has 19 heavy (non-hydrogen) atoms. The lowest BCUT2D eigenvalue weighted by Gasteiger charge is -2.08. The van der Waals surface area contributed by atoms with Crippen molar-refractivity contribution in [2.75, 3.05) is 6.61 Å². The molecule has 0 aliphatic carbocycles. The van der Waals surface area contributed by atoms with Crippen molar-refractivity contribution in [3.05, 3.63) is 36.0 Å². The Balaban J connectivity index is 2.15. The summed E-state index contributed by atoms with van der Waals surface area (Å²) in [7, 11) is 1.90. The van der Waals surface area contributed by atoms with E-state index in [0.29, 0.717) is 5.56 Å². The van der Waals surface area contributed by atoms with Gasteiger partial charge in [0.25, 0.3) is 5.91 Å². The first kappa shape index (κ1) is 12.9. The Kier molecular flexibility index (Phi) is 3.70. The lowest BCUT2D eigenvalue weighted by atomic mass is 10.1. The van der Waals surface area contributed by atoms with Gasteiger partial charge in [-0.3, -0.25) is 10.2 Å². The van der Waals surface area contributed by atoms with Crippen LogP contribution in [-0.4, -0.2) is 23.2 Å². The molecule has 0 aliphatic heterocycles. The molecule has 6 nitrogen and oxygen atoms in total. The minimum Gasteiger partial charge on any atom is -0.449 e. The average Bonchev–Trinajstić information content (AvgIpc) is 2.78. The summed E-state index contributed by atoms with van der Waals surface area (Å²) >= 11 is 0. The van der Waals surface area contributed by atoms with Crippen LogP contribution in [0.3, 0.4) is 0 Å². The third-order valence-corrected chi connectivity index (χ3v) is 2.73. The second-order valence-corrected chi connectivity index (χ2v) is 3.96. The Morgan fingerprint density at radius 3 is 2.79 bits per heavy atom. The fourth-order valence-electron chi connectivity index (χ4n) is 1.84. The van der Waals surface area contributed by atoms with E-state index < -0.39 is 6.09 Å². The summed E-state index contributed by atoms with van der Waals surface area (Å²) < 4.78 is 6.57. The zero-order valence-corrected chi connectivity index (χ0v) is 10.8. The smallest absolute Gasteiger partial charge is 0.426 e. The molecule has 1 aromatic heterocycles. The molecular weight excluding hydrogens is 246 g/mol. The predicted molar refractivity (Wildman–Crippen MR) is 70.5 cm³/mol. The van der Waals surface area contributed by atoms with Crippen LogP contribution in [0.25, 0.3) is 10.9 Å². The number of benzene rings is 1. The van der Waals surface area contributed by atoms with E-state index in [2.05, 4.69) is 15.6 Å². The molecule has 0 aliphatic rings. The Morgan fingerprint density at radius 1 is 1.26 bits per heavy atom. The number of rotatable bonds is 2. The summed E-state index contributed by atoms with van der Waals surface area (Å²) in [6.45, 7) is 1.93. The van der Waals surface area contributed by atoms with Crippen LogP contribution < -0.4 is 10.9 Å². The first-order chi connectivity index (χ1) is 9.13. The number of aromatic nitrogens is 1. The maximum atomic E-state index is 12.0. The van der Waals surface area contributed by atoms with Gasteiger partial charge in [-0.1, -0.05) is 6.07 Å². The fourth-order valence-corrected chi connectivity index (χ4v) is 1.84. The summed E-state index contributed by atoms with van der Waals surface area (Å²) in [6, 6.07) is 7.27. The molecule has 0 unspecified atom stereocenters. The number of fused-ring (bicyclic) bond motifs is 1. The molecule has 1 aromatic carbocycles. The highest BCUT2D eigenvalue weighted by Crippen LogP contribution is 2.19. The topological polar surface area (TPSA) is 72.4 Å². The third kappa shape index (κ3) is 2.67. The number of hydrogen-bond donors (Lipinski definition) is 2. The molecule has 0 saturated carbocycles. The van der Waals surface area contributed by atoms with Crippen LogP contribution in [0.15, 0.2) is 30.5 Å². The summed E-state index contributed by atoms with van der Waals surface area (Å²) in [5.41, 5.74) is 5.94. The SMILES string of the molecule is CCOC(=O)NNC(=O)c1cccc2c1ccn2C. The molecule has 2 rings (SSSR count). The number of aryl methyl sites for hydroxylation is 1. The molecule has 0 fully saturated rings. The summed E-state index contributed by atoms with van der Waals surface area (Å²) in [5.74, 6) is -0.384. The molecule has 0 saturated heterocycles. The minimum atomic E-state index is -0.684. The highest BCUT2D eigenvalue weighted by Gasteiger charge is 2.12. The molecule has 2 amide bonds. The average molecular weight is 261 g/mol. The monoisotopic (exact) mass is 261 g/mol. The quantitative estimate of drug-likeness (QED) is 0.806. The molecule has 0 bridgehead atoms. The molecule has 100 valence electrons. The van der Waals surface area contributed by atoms with Crippen molar-refractivity contribution in [3.8, 4) is 0 Å². The van der Waals surface area contributed by atoms with Crippen molar-refractivity contribution in [2.45, 2.75) is 6.92 Å². The standard InChI is InChI=1S/C13H15N3O3/c1-3-19-13(18)15-14-12(17)10-5-4-6-11-9(10)7-8-16(11)2/h4-8H,3H2,1-2H3,(H,14,17)(H,15,18). The van der Waals surface area contributed by atoms with Gasteiger partial charge in [-0.15, -0.1) is 0 Å². The zero-order chi connectivity index (χ0) is 13.8. The van der Waals surface area contributed by atoms with Crippen molar-refractivity contribution in [1.82, 2.24) is 15.4 Å². The Morgan fingerprint density at radius 2 is 2.05 bits per heavy atom. The van der Waals surface area contributed by atoms with Crippen molar-refractivity contribution in [1.29, 1.82) is 0 Å². The Bertz CT molecular complexity index is 619. The molecule has 2 aromatic rings. The molecule has 0 atom stereocenters. The number of ether oxygens (including phenoxy) is 1. The third-order valence-electron chi connectivity index (χ3n) is 2.73. The highest BCUT2D eigenvalue weighted by molar-refractivity contribution is 6.06. The Labute approximate surface area is 110 Å². The van der Waals surface area contributed by atoms with Crippen LogP contribution in [0.1, 0.15) is 17.3 Å². The zero-order valence-electron chi connectivity index (χ0n) is 10.8. The van der Waals surface area contributed by atoms with Crippen molar-refractivity contribution < 1.29 is 14.3 Å². The normalized spacial score (nSPS) is 10.2. The lowest BCUT2D eigenvalue weighted by Crippen LogP contribution is -2.41. The second-order valence-electron chi connectivity index (χ2n) is 3.96. The molecule has 6 heteroatoms. The van der Waals surface area contributed by atoms with Crippen molar-refractivity contribution in [2.24, 2.45) is 7.05 Å². The van der Waals surface area contributed by atoms with Crippen LogP contribution >= 0.6 is 0 Å². The first-order valence-corrected chi connectivity index (χ1v) is 5.90. The number of nitrogens with one attached hydrogen (secondary N) is 2. The van der Waals surface area contributed by atoms with Gasteiger partial charge in [-0.25, -0.2) is 10.2 Å². The number of amides is 2. The molecular formula is C13H15N3O3. The number of nitrogens with zero attached hydrogens (tertiary/aromatic N) is 1. The molecule has 1 heterocycles. The summed E-state index contributed by atoms with van der Waals surface area (Å²) in [6.07, 6.45) is 1.19. The molecule has 0 radical (unpaired) electrons. The largest absolute Gasteiger partial charge is 0.449 e. The van der Waals surface area contributed by atoms with Crippen LogP contribution in [0.4, 0.5) is 4.79 Å². The highest BCUT2D eigenvalue weighted by atomic mass is 16.5. The minimum absolute atomic E-state index is 0.246. The second kappa shape index (κ2) is 5.43. The van der Waals surface area contributed by atoms with Gasteiger partial charge < -0.3 is 9.30 Å². The fraction of sp³-hybridized carbons (Fsp3) is 0.231. The van der Waals surface area contributed by atoms with E-state index in [1.165, 1.54) is 0 Å². The molecule has 0 spiro atoms. The summed E-state index contributed by atoms with van der Waals surface area (Å²) in [4.78, 5) is 23.1. The lowest BCUT2D eigenvalue weighted by molar-refractivity contribution is 0.0914.